The third-order valence-electron chi connectivity index (χ3n) is 3.56. The molecule has 0 atom stereocenters. The van der Waals surface area contributed by atoms with E-state index in [1.165, 1.54) is 0 Å². The fourth-order valence-electron chi connectivity index (χ4n) is 2.31. The van der Waals surface area contributed by atoms with Crippen LogP contribution in [0.15, 0.2) is 70.3 Å². The monoisotopic (exact) mass is 407 g/mol. The van der Waals surface area contributed by atoms with Gasteiger partial charge in [-0.2, -0.15) is 0 Å². The van der Waals surface area contributed by atoms with Crippen molar-refractivity contribution < 1.29 is 21.3 Å². The average molecular weight is 407 g/mol. The van der Waals surface area contributed by atoms with Crippen LogP contribution in [0.4, 0.5) is 0 Å². The van der Waals surface area contributed by atoms with E-state index in [9.17, 15) is 16.8 Å². The van der Waals surface area contributed by atoms with Crippen molar-refractivity contribution in [2.24, 2.45) is 0 Å². The summed E-state index contributed by atoms with van der Waals surface area (Å²) in [4.78, 5) is 0. The minimum atomic E-state index is -3.81. The van der Waals surface area contributed by atoms with Gasteiger partial charge in [0.05, 0.1) is 18.1 Å². The Morgan fingerprint density at radius 2 is 1.33 bits per heavy atom. The van der Waals surface area contributed by atoms with E-state index in [-0.39, 0.29) is 23.9 Å². The lowest BCUT2D eigenvalue weighted by atomic mass is 10.2. The summed E-state index contributed by atoms with van der Waals surface area (Å²) in [6, 6.07) is 17.2. The highest BCUT2D eigenvalue weighted by Crippen LogP contribution is 2.15. The second kappa shape index (κ2) is 7.99. The van der Waals surface area contributed by atoms with Crippen LogP contribution in [-0.4, -0.2) is 27.0 Å². The van der Waals surface area contributed by atoms with Crippen LogP contribution in [0.1, 0.15) is 17.0 Å². The molecule has 8 nitrogen and oxygen atoms in total. The average Bonchev–Trinajstić information content (AvgIpc) is 3.11. The van der Waals surface area contributed by atoms with Gasteiger partial charge in [0.2, 0.25) is 25.8 Å². The number of sulfonamides is 1. The van der Waals surface area contributed by atoms with Crippen molar-refractivity contribution >= 4 is 19.9 Å². The molecular weight excluding hydrogens is 390 g/mol. The zero-order valence-electron chi connectivity index (χ0n) is 14.1. The van der Waals surface area contributed by atoms with Crippen molar-refractivity contribution in [3.8, 4) is 0 Å². The Kier molecular flexibility index (Phi) is 5.68. The van der Waals surface area contributed by atoms with E-state index in [0.717, 1.165) is 0 Å². The second-order valence-corrected chi connectivity index (χ2v) is 9.45. The zero-order chi connectivity index (χ0) is 19.3. The maximum Gasteiger partial charge on any atom is 0.335 e. The van der Waals surface area contributed by atoms with Gasteiger partial charge in [0.1, 0.15) is 0 Å². The summed E-state index contributed by atoms with van der Waals surface area (Å²) in [5.41, 5.74) is 1.21. The summed E-state index contributed by atoms with van der Waals surface area (Å²) in [7, 11) is -7.45. The van der Waals surface area contributed by atoms with Crippen molar-refractivity contribution in [3.63, 3.8) is 0 Å². The van der Waals surface area contributed by atoms with Crippen LogP contribution in [0.3, 0.4) is 0 Å². The molecule has 0 fully saturated rings. The standard InChI is InChI=1S/C17H17N3O5S2/c21-26(22,12-14-7-3-1-4-8-14)17-20-19-16(25-17)11-18-27(23,24)13-15-9-5-2-6-10-15/h1-10,18H,11-13H2. The second-order valence-electron chi connectivity index (χ2n) is 5.77. The van der Waals surface area contributed by atoms with Gasteiger partial charge in [-0.25, -0.2) is 21.6 Å². The minimum absolute atomic E-state index is 0.127. The molecule has 142 valence electrons. The largest absolute Gasteiger partial charge is 0.411 e. The van der Waals surface area contributed by atoms with E-state index in [1.807, 2.05) is 0 Å². The van der Waals surface area contributed by atoms with Crippen LogP contribution >= 0.6 is 0 Å². The highest BCUT2D eigenvalue weighted by atomic mass is 32.2. The van der Waals surface area contributed by atoms with E-state index >= 15 is 0 Å². The van der Waals surface area contributed by atoms with Gasteiger partial charge in [0, 0.05) is 0 Å². The maximum atomic E-state index is 12.3. The SMILES string of the molecule is O=S(=O)(Cc1ccccc1)NCc1nnc(S(=O)(=O)Cc2ccccc2)o1. The first kappa shape index (κ1) is 19.2. The maximum absolute atomic E-state index is 12.3. The molecule has 0 amide bonds. The predicted octanol–water partition coefficient (Wildman–Crippen LogP) is 1.66. The lowest BCUT2D eigenvalue weighted by molar-refractivity contribution is 0.393. The molecule has 3 rings (SSSR count). The number of hydrogen-bond donors (Lipinski definition) is 1. The quantitative estimate of drug-likeness (QED) is 0.603. The Bertz CT molecular complexity index is 1100. The summed E-state index contributed by atoms with van der Waals surface area (Å²) in [6.45, 7) is -0.289. The van der Waals surface area contributed by atoms with Crippen molar-refractivity contribution in [1.82, 2.24) is 14.9 Å². The van der Waals surface area contributed by atoms with Gasteiger partial charge in [0.15, 0.2) is 0 Å². The van der Waals surface area contributed by atoms with Gasteiger partial charge in [-0.1, -0.05) is 65.8 Å². The van der Waals surface area contributed by atoms with E-state index in [0.29, 0.717) is 11.1 Å². The summed E-state index contributed by atoms with van der Waals surface area (Å²) in [5, 5.41) is 6.60. The molecule has 1 heterocycles. The molecule has 3 aromatic rings. The Labute approximate surface area is 157 Å². The number of aromatic nitrogens is 2. The van der Waals surface area contributed by atoms with Crippen LogP contribution in [-0.2, 0) is 37.9 Å². The summed E-state index contributed by atoms with van der Waals surface area (Å²) >= 11 is 0. The summed E-state index contributed by atoms with van der Waals surface area (Å²) in [5.74, 6) is -0.616. The molecule has 1 aromatic heterocycles. The van der Waals surface area contributed by atoms with Crippen LogP contribution in [0.2, 0.25) is 0 Å². The van der Waals surface area contributed by atoms with Crippen LogP contribution in [0.25, 0.3) is 0 Å². The topological polar surface area (TPSA) is 119 Å². The molecule has 1 N–H and O–H groups in total. The zero-order valence-corrected chi connectivity index (χ0v) is 15.8. The molecule has 0 radical (unpaired) electrons. The highest BCUT2D eigenvalue weighted by Gasteiger charge is 2.23. The molecule has 0 saturated heterocycles. The molecule has 0 spiro atoms. The smallest absolute Gasteiger partial charge is 0.335 e. The van der Waals surface area contributed by atoms with E-state index < -0.39 is 25.1 Å². The number of hydrogen-bond acceptors (Lipinski definition) is 7. The molecule has 0 unspecified atom stereocenters. The van der Waals surface area contributed by atoms with Gasteiger partial charge in [0.25, 0.3) is 0 Å². The molecule has 0 bridgehead atoms. The van der Waals surface area contributed by atoms with Crippen LogP contribution in [0, 0.1) is 0 Å². The molecule has 0 aliphatic rings. The molecule has 0 aliphatic carbocycles. The number of rotatable bonds is 8. The minimum Gasteiger partial charge on any atom is -0.411 e. The van der Waals surface area contributed by atoms with Gasteiger partial charge in [-0.15, -0.1) is 5.10 Å². The fraction of sp³-hybridized carbons (Fsp3) is 0.176. The molecule has 2 aromatic carbocycles. The highest BCUT2D eigenvalue weighted by molar-refractivity contribution is 7.90. The number of sulfone groups is 1. The number of benzene rings is 2. The van der Waals surface area contributed by atoms with Gasteiger partial charge < -0.3 is 4.42 Å². The Balaban J connectivity index is 1.64. The first-order valence-electron chi connectivity index (χ1n) is 7.94. The van der Waals surface area contributed by atoms with Crippen LogP contribution in [0.5, 0.6) is 0 Å². The molecular formula is C17H17N3O5S2. The van der Waals surface area contributed by atoms with Crippen molar-refractivity contribution in [1.29, 1.82) is 0 Å². The van der Waals surface area contributed by atoms with Crippen LogP contribution < -0.4 is 4.72 Å². The molecule has 27 heavy (non-hydrogen) atoms. The molecule has 0 saturated carbocycles. The Morgan fingerprint density at radius 3 is 1.93 bits per heavy atom. The van der Waals surface area contributed by atoms with Crippen molar-refractivity contribution in [2.45, 2.75) is 23.3 Å². The normalized spacial score (nSPS) is 12.1. The van der Waals surface area contributed by atoms with E-state index in [4.69, 9.17) is 4.42 Å². The Morgan fingerprint density at radius 1 is 0.778 bits per heavy atom. The number of nitrogens with zero attached hydrogens (tertiary/aromatic N) is 2. The third-order valence-corrected chi connectivity index (χ3v) is 6.26. The Hall–Kier alpha value is -2.56. The van der Waals surface area contributed by atoms with Gasteiger partial charge in [-0.05, 0) is 11.1 Å². The lowest BCUT2D eigenvalue weighted by Crippen LogP contribution is -2.24. The number of nitrogens with one attached hydrogen (secondary N) is 1. The summed E-state index contributed by atoms with van der Waals surface area (Å²) < 4.78 is 56.3. The van der Waals surface area contributed by atoms with Gasteiger partial charge in [-0.3, -0.25) is 0 Å². The third kappa shape index (κ3) is 5.46. The summed E-state index contributed by atoms with van der Waals surface area (Å²) in [6.07, 6.45) is 0. The van der Waals surface area contributed by atoms with Crippen molar-refractivity contribution in [3.05, 3.63) is 77.7 Å². The first-order chi connectivity index (χ1) is 12.8. The predicted molar refractivity (Wildman–Crippen MR) is 97.5 cm³/mol. The van der Waals surface area contributed by atoms with E-state index in [2.05, 4.69) is 14.9 Å². The molecule has 10 heteroatoms. The van der Waals surface area contributed by atoms with Crippen molar-refractivity contribution in [2.75, 3.05) is 0 Å². The fourth-order valence-corrected chi connectivity index (χ4v) is 4.53. The lowest BCUT2D eigenvalue weighted by Gasteiger charge is -2.04. The molecule has 0 aliphatic heterocycles. The van der Waals surface area contributed by atoms with E-state index in [1.54, 1.807) is 60.7 Å². The van der Waals surface area contributed by atoms with Gasteiger partial charge >= 0.3 is 5.22 Å². The first-order valence-corrected chi connectivity index (χ1v) is 11.2.